The molecule has 0 amide bonds. The van der Waals surface area contributed by atoms with Gasteiger partial charge in [0.05, 0.1) is 0 Å². The summed E-state index contributed by atoms with van der Waals surface area (Å²) in [6.07, 6.45) is 4.55. The Kier molecular flexibility index (Phi) is 3.24. The van der Waals surface area contributed by atoms with Crippen LogP contribution in [0.15, 0.2) is 24.5 Å². The summed E-state index contributed by atoms with van der Waals surface area (Å²) in [5.74, 6) is 0. The molecule has 0 atom stereocenters. The lowest BCUT2D eigenvalue weighted by Gasteiger charge is -2.00. The topological polar surface area (TPSA) is 50.7 Å². The van der Waals surface area contributed by atoms with E-state index in [1.165, 1.54) is 0 Å². The van der Waals surface area contributed by atoms with Gasteiger partial charge in [-0.25, -0.2) is 0 Å². The molecule has 2 aromatic heterocycles. The molecule has 5 heteroatoms. The molecule has 2 rings (SSSR count). The van der Waals surface area contributed by atoms with E-state index in [4.69, 9.17) is 0 Å². The van der Waals surface area contributed by atoms with Crippen molar-refractivity contribution < 1.29 is 0 Å². The fourth-order valence-electron chi connectivity index (χ4n) is 1.15. The average Bonchev–Trinajstić information content (AvgIpc) is 2.76. The van der Waals surface area contributed by atoms with E-state index in [-0.39, 0.29) is 0 Å². The first-order valence-corrected chi connectivity index (χ1v) is 5.65. The second-order valence-electron chi connectivity index (χ2n) is 3.07. The van der Waals surface area contributed by atoms with Crippen LogP contribution in [0.4, 0.5) is 5.13 Å². The first-order chi connectivity index (χ1) is 7.38. The van der Waals surface area contributed by atoms with Crippen LogP contribution in [0.2, 0.25) is 0 Å². The summed E-state index contributed by atoms with van der Waals surface area (Å²) in [5.41, 5.74) is 1.14. The zero-order valence-corrected chi connectivity index (χ0v) is 9.29. The SMILES string of the molecule is CCc1nnc(NCc2cccnc2)s1. The molecule has 1 N–H and O–H groups in total. The molecule has 0 saturated carbocycles. The van der Waals surface area contributed by atoms with Crippen molar-refractivity contribution in [1.82, 2.24) is 15.2 Å². The Hall–Kier alpha value is -1.49. The highest BCUT2D eigenvalue weighted by Gasteiger charge is 2.01. The number of aryl methyl sites for hydroxylation is 1. The third-order valence-corrected chi connectivity index (χ3v) is 2.96. The maximum absolute atomic E-state index is 4.05. The van der Waals surface area contributed by atoms with Gasteiger partial charge in [-0.1, -0.05) is 24.3 Å². The van der Waals surface area contributed by atoms with Crippen molar-refractivity contribution in [2.24, 2.45) is 0 Å². The Morgan fingerprint density at radius 1 is 1.40 bits per heavy atom. The lowest BCUT2D eigenvalue weighted by atomic mass is 10.3. The second kappa shape index (κ2) is 4.84. The molecule has 4 nitrogen and oxygen atoms in total. The van der Waals surface area contributed by atoms with Crippen molar-refractivity contribution in [2.45, 2.75) is 19.9 Å². The largest absolute Gasteiger partial charge is 0.356 e. The molecule has 0 bridgehead atoms. The lowest BCUT2D eigenvalue weighted by Crippen LogP contribution is -1.98. The van der Waals surface area contributed by atoms with Crippen LogP contribution in [-0.4, -0.2) is 15.2 Å². The Bertz CT molecular complexity index is 412. The van der Waals surface area contributed by atoms with Crippen LogP contribution in [0.25, 0.3) is 0 Å². The van der Waals surface area contributed by atoms with Crippen LogP contribution in [0.3, 0.4) is 0 Å². The highest BCUT2D eigenvalue weighted by molar-refractivity contribution is 7.15. The summed E-state index contributed by atoms with van der Waals surface area (Å²) in [6, 6.07) is 3.95. The van der Waals surface area contributed by atoms with Crippen LogP contribution < -0.4 is 5.32 Å². The minimum Gasteiger partial charge on any atom is -0.356 e. The van der Waals surface area contributed by atoms with Gasteiger partial charge in [-0.05, 0) is 18.1 Å². The van der Waals surface area contributed by atoms with Crippen molar-refractivity contribution in [3.63, 3.8) is 0 Å². The van der Waals surface area contributed by atoms with Gasteiger partial charge >= 0.3 is 0 Å². The molecular formula is C10H12N4S. The molecule has 2 heterocycles. The fraction of sp³-hybridized carbons (Fsp3) is 0.300. The number of rotatable bonds is 4. The number of hydrogen-bond acceptors (Lipinski definition) is 5. The van der Waals surface area contributed by atoms with Gasteiger partial charge < -0.3 is 5.32 Å². The van der Waals surface area contributed by atoms with E-state index < -0.39 is 0 Å². The summed E-state index contributed by atoms with van der Waals surface area (Å²) in [5, 5.41) is 13.2. The standard InChI is InChI=1S/C10H12N4S/c1-2-9-13-14-10(15-9)12-7-8-4-3-5-11-6-8/h3-6H,2,7H2,1H3,(H,12,14). The normalized spacial score (nSPS) is 10.2. The summed E-state index contributed by atoms with van der Waals surface area (Å²) in [4.78, 5) is 4.05. The number of nitrogens with zero attached hydrogens (tertiary/aromatic N) is 3. The molecule has 0 unspecified atom stereocenters. The predicted molar refractivity (Wildman–Crippen MR) is 60.9 cm³/mol. The van der Waals surface area contributed by atoms with Gasteiger partial charge in [0, 0.05) is 18.9 Å². The van der Waals surface area contributed by atoms with E-state index in [1.807, 2.05) is 18.3 Å². The van der Waals surface area contributed by atoms with Gasteiger partial charge in [0.25, 0.3) is 0 Å². The van der Waals surface area contributed by atoms with Gasteiger partial charge in [0.15, 0.2) is 0 Å². The molecule has 0 aromatic carbocycles. The van der Waals surface area contributed by atoms with Crippen molar-refractivity contribution in [3.8, 4) is 0 Å². The Labute approximate surface area is 92.4 Å². The van der Waals surface area contributed by atoms with Crippen LogP contribution >= 0.6 is 11.3 Å². The van der Waals surface area contributed by atoms with Crippen molar-refractivity contribution in [3.05, 3.63) is 35.1 Å². The number of nitrogens with one attached hydrogen (secondary N) is 1. The zero-order chi connectivity index (χ0) is 10.5. The van der Waals surface area contributed by atoms with Crippen molar-refractivity contribution >= 4 is 16.5 Å². The first kappa shape index (κ1) is 10.0. The first-order valence-electron chi connectivity index (χ1n) is 4.83. The maximum Gasteiger partial charge on any atom is 0.205 e. The van der Waals surface area contributed by atoms with Gasteiger partial charge in [-0.3, -0.25) is 4.98 Å². The molecule has 0 aliphatic heterocycles. The van der Waals surface area contributed by atoms with Crippen molar-refractivity contribution in [1.29, 1.82) is 0 Å². The molecule has 15 heavy (non-hydrogen) atoms. The number of pyridine rings is 1. The Balaban J connectivity index is 1.93. The Morgan fingerprint density at radius 2 is 2.33 bits per heavy atom. The highest BCUT2D eigenvalue weighted by Crippen LogP contribution is 2.15. The molecule has 0 aliphatic rings. The van der Waals surface area contributed by atoms with Gasteiger partial charge in [0.1, 0.15) is 5.01 Å². The molecule has 0 fully saturated rings. The van der Waals surface area contributed by atoms with Gasteiger partial charge in [-0.2, -0.15) is 0 Å². The van der Waals surface area contributed by atoms with Crippen LogP contribution in [0, 0.1) is 0 Å². The summed E-state index contributed by atoms with van der Waals surface area (Å²) in [6.45, 7) is 2.82. The Morgan fingerprint density at radius 3 is 3.00 bits per heavy atom. The monoisotopic (exact) mass is 220 g/mol. The quantitative estimate of drug-likeness (QED) is 0.857. The molecular weight excluding hydrogens is 208 g/mol. The van der Waals surface area contributed by atoms with E-state index >= 15 is 0 Å². The summed E-state index contributed by atoms with van der Waals surface area (Å²) in [7, 11) is 0. The van der Waals surface area contributed by atoms with Crippen LogP contribution in [0.5, 0.6) is 0 Å². The smallest absolute Gasteiger partial charge is 0.205 e. The molecule has 2 aromatic rings. The van der Waals surface area contributed by atoms with E-state index in [0.717, 1.165) is 28.7 Å². The summed E-state index contributed by atoms with van der Waals surface area (Å²) < 4.78 is 0. The van der Waals surface area contributed by atoms with Crippen molar-refractivity contribution in [2.75, 3.05) is 5.32 Å². The molecule has 0 saturated heterocycles. The average molecular weight is 220 g/mol. The molecule has 0 spiro atoms. The molecule has 0 aliphatic carbocycles. The molecule has 78 valence electrons. The zero-order valence-electron chi connectivity index (χ0n) is 8.47. The van der Waals surface area contributed by atoms with E-state index in [2.05, 4.69) is 27.4 Å². The minimum atomic E-state index is 0.742. The second-order valence-corrected chi connectivity index (χ2v) is 4.13. The van der Waals surface area contributed by atoms with E-state index in [1.54, 1.807) is 17.5 Å². The van der Waals surface area contributed by atoms with Crippen LogP contribution in [0.1, 0.15) is 17.5 Å². The van der Waals surface area contributed by atoms with Crippen LogP contribution in [-0.2, 0) is 13.0 Å². The lowest BCUT2D eigenvalue weighted by molar-refractivity contribution is 0.974. The molecule has 0 radical (unpaired) electrons. The third-order valence-electron chi connectivity index (χ3n) is 1.94. The fourth-order valence-corrected chi connectivity index (χ4v) is 1.82. The summed E-state index contributed by atoms with van der Waals surface area (Å²) >= 11 is 1.60. The number of hydrogen-bond donors (Lipinski definition) is 1. The number of anilines is 1. The van der Waals surface area contributed by atoms with Gasteiger partial charge in [-0.15, -0.1) is 10.2 Å². The minimum absolute atomic E-state index is 0.742. The third kappa shape index (κ3) is 2.73. The maximum atomic E-state index is 4.05. The van der Waals surface area contributed by atoms with Gasteiger partial charge in [0.2, 0.25) is 5.13 Å². The number of aromatic nitrogens is 3. The van der Waals surface area contributed by atoms with E-state index in [9.17, 15) is 0 Å². The predicted octanol–water partition coefficient (Wildman–Crippen LogP) is 2.11. The van der Waals surface area contributed by atoms with E-state index in [0.29, 0.717) is 0 Å². The highest BCUT2D eigenvalue weighted by atomic mass is 32.1.